The summed E-state index contributed by atoms with van der Waals surface area (Å²) in [6, 6.07) is 0. The van der Waals surface area contributed by atoms with E-state index in [0.717, 1.165) is 17.5 Å². The maximum Gasteiger partial charge on any atom is 0.0638 e. The Balaban J connectivity index is 2.45. The third-order valence-electron chi connectivity index (χ3n) is 4.63. The molecule has 1 N–H and O–H groups in total. The molecule has 3 heteroatoms. The van der Waals surface area contributed by atoms with E-state index in [0.29, 0.717) is 11.3 Å². The normalized spacial score (nSPS) is 51.9. The van der Waals surface area contributed by atoms with Crippen molar-refractivity contribution in [2.45, 2.75) is 33.1 Å². The molecule has 2 saturated carbocycles. The van der Waals surface area contributed by atoms with Gasteiger partial charge in [0.1, 0.15) is 0 Å². The van der Waals surface area contributed by atoms with Gasteiger partial charge in [-0.2, -0.15) is 0 Å². The molecule has 2 rings (SSSR count). The molecule has 0 aromatic heterocycles. The standard InChI is InChI=1S/C10H16BrNO/c1-9-4-3-7(5-8(9)12-13)10(9,2)6-11/h7,13H,3-6H2,1-2H3/b12-8+/t7-,9+,10?/m0/s1. The molecule has 2 fully saturated rings. The summed E-state index contributed by atoms with van der Waals surface area (Å²) in [7, 11) is 0. The third kappa shape index (κ3) is 0.915. The Morgan fingerprint density at radius 1 is 1.62 bits per heavy atom. The molecule has 13 heavy (non-hydrogen) atoms. The number of nitrogens with zero attached hydrogens (tertiary/aromatic N) is 1. The Morgan fingerprint density at radius 2 is 2.31 bits per heavy atom. The Bertz CT molecular complexity index is 266. The van der Waals surface area contributed by atoms with Crippen molar-refractivity contribution in [2.75, 3.05) is 5.33 Å². The van der Waals surface area contributed by atoms with Gasteiger partial charge in [0.2, 0.25) is 0 Å². The highest BCUT2D eigenvalue weighted by atomic mass is 79.9. The molecule has 1 unspecified atom stereocenters. The van der Waals surface area contributed by atoms with Crippen LogP contribution in [0.2, 0.25) is 0 Å². The van der Waals surface area contributed by atoms with E-state index in [-0.39, 0.29) is 5.41 Å². The zero-order valence-electron chi connectivity index (χ0n) is 8.18. The molecule has 0 aliphatic heterocycles. The molecular weight excluding hydrogens is 230 g/mol. The van der Waals surface area contributed by atoms with Gasteiger partial charge in [-0.1, -0.05) is 34.9 Å². The number of rotatable bonds is 1. The number of fused-ring (bicyclic) bond motifs is 2. The number of hydrogen-bond acceptors (Lipinski definition) is 2. The lowest BCUT2D eigenvalue weighted by atomic mass is 9.70. The van der Waals surface area contributed by atoms with Crippen molar-refractivity contribution >= 4 is 21.6 Å². The monoisotopic (exact) mass is 245 g/mol. The van der Waals surface area contributed by atoms with Crippen LogP contribution in [0.4, 0.5) is 0 Å². The van der Waals surface area contributed by atoms with Gasteiger partial charge in [-0.25, -0.2) is 0 Å². The molecule has 0 heterocycles. The second-order valence-corrected chi connectivity index (χ2v) is 5.43. The number of alkyl halides is 1. The van der Waals surface area contributed by atoms with E-state index in [4.69, 9.17) is 5.21 Å². The summed E-state index contributed by atoms with van der Waals surface area (Å²) >= 11 is 3.61. The van der Waals surface area contributed by atoms with Crippen molar-refractivity contribution in [3.63, 3.8) is 0 Å². The Hall–Kier alpha value is -0.0500. The highest BCUT2D eigenvalue weighted by molar-refractivity contribution is 9.09. The fourth-order valence-electron chi connectivity index (χ4n) is 3.19. The summed E-state index contributed by atoms with van der Waals surface area (Å²) in [6.45, 7) is 4.56. The molecule has 2 bridgehead atoms. The van der Waals surface area contributed by atoms with Crippen LogP contribution >= 0.6 is 15.9 Å². The number of oxime groups is 1. The first-order valence-electron chi connectivity index (χ1n) is 4.86. The minimum atomic E-state index is 0.135. The summed E-state index contributed by atoms with van der Waals surface area (Å²) in [4.78, 5) is 0. The molecule has 0 saturated heterocycles. The summed E-state index contributed by atoms with van der Waals surface area (Å²) in [6.07, 6.45) is 3.46. The van der Waals surface area contributed by atoms with Crippen LogP contribution < -0.4 is 0 Å². The maximum atomic E-state index is 8.95. The van der Waals surface area contributed by atoms with Crippen LogP contribution in [0.1, 0.15) is 33.1 Å². The average molecular weight is 246 g/mol. The van der Waals surface area contributed by atoms with Gasteiger partial charge in [0.25, 0.3) is 0 Å². The quantitative estimate of drug-likeness (QED) is 0.430. The van der Waals surface area contributed by atoms with Crippen LogP contribution in [-0.2, 0) is 0 Å². The van der Waals surface area contributed by atoms with Crippen LogP contribution in [0.25, 0.3) is 0 Å². The lowest BCUT2D eigenvalue weighted by Crippen LogP contribution is -2.36. The lowest BCUT2D eigenvalue weighted by molar-refractivity contribution is 0.199. The number of hydrogen-bond donors (Lipinski definition) is 1. The Morgan fingerprint density at radius 3 is 2.69 bits per heavy atom. The van der Waals surface area contributed by atoms with Gasteiger partial charge in [0.15, 0.2) is 0 Å². The molecule has 0 amide bonds. The summed E-state index contributed by atoms with van der Waals surface area (Å²) < 4.78 is 0. The zero-order chi connectivity index (χ0) is 9.69. The minimum absolute atomic E-state index is 0.135. The predicted octanol–water partition coefficient (Wildman–Crippen LogP) is 3.04. The first-order valence-corrected chi connectivity index (χ1v) is 5.98. The molecule has 0 aromatic rings. The van der Waals surface area contributed by atoms with Gasteiger partial charge in [-0.3, -0.25) is 0 Å². The third-order valence-corrected chi connectivity index (χ3v) is 5.79. The van der Waals surface area contributed by atoms with E-state index >= 15 is 0 Å². The van der Waals surface area contributed by atoms with Crippen molar-refractivity contribution in [3.05, 3.63) is 0 Å². The van der Waals surface area contributed by atoms with E-state index in [2.05, 4.69) is 34.9 Å². The van der Waals surface area contributed by atoms with E-state index in [1.807, 2.05) is 0 Å². The molecule has 0 aromatic carbocycles. The number of halogens is 1. The predicted molar refractivity (Wildman–Crippen MR) is 56.6 cm³/mol. The van der Waals surface area contributed by atoms with Crippen LogP contribution in [0.5, 0.6) is 0 Å². The molecule has 2 aliphatic carbocycles. The summed E-state index contributed by atoms with van der Waals surface area (Å²) in [5, 5.41) is 13.4. The SMILES string of the molecule is CC1(CBr)[C@H]2CC[C@]1(C)/C(=N/O)C2. The second-order valence-electron chi connectivity index (χ2n) is 4.87. The first kappa shape index (κ1) is 9.50. The van der Waals surface area contributed by atoms with E-state index in [1.165, 1.54) is 12.8 Å². The van der Waals surface area contributed by atoms with Crippen molar-refractivity contribution in [3.8, 4) is 0 Å². The molecule has 2 nitrogen and oxygen atoms in total. The van der Waals surface area contributed by atoms with Gasteiger partial charge in [0.05, 0.1) is 5.71 Å². The van der Waals surface area contributed by atoms with E-state index in [1.54, 1.807) is 0 Å². The zero-order valence-corrected chi connectivity index (χ0v) is 9.76. The van der Waals surface area contributed by atoms with Crippen LogP contribution in [0, 0.1) is 16.7 Å². The van der Waals surface area contributed by atoms with Gasteiger partial charge >= 0.3 is 0 Å². The smallest absolute Gasteiger partial charge is 0.0638 e. The van der Waals surface area contributed by atoms with Gasteiger partial charge < -0.3 is 5.21 Å². The van der Waals surface area contributed by atoms with Crippen molar-refractivity contribution in [1.29, 1.82) is 0 Å². The Kier molecular flexibility index (Phi) is 1.99. The summed E-state index contributed by atoms with van der Waals surface area (Å²) in [5.74, 6) is 0.711. The molecule has 2 aliphatic rings. The fraction of sp³-hybridized carbons (Fsp3) is 0.900. The molecular formula is C10H16BrNO. The molecule has 0 radical (unpaired) electrons. The van der Waals surface area contributed by atoms with Gasteiger partial charge in [0, 0.05) is 10.7 Å². The topological polar surface area (TPSA) is 32.6 Å². The van der Waals surface area contributed by atoms with Gasteiger partial charge in [-0.15, -0.1) is 0 Å². The first-order chi connectivity index (χ1) is 6.08. The largest absolute Gasteiger partial charge is 0.411 e. The van der Waals surface area contributed by atoms with Crippen LogP contribution in [0.3, 0.4) is 0 Å². The molecule has 74 valence electrons. The van der Waals surface area contributed by atoms with E-state index < -0.39 is 0 Å². The lowest BCUT2D eigenvalue weighted by Gasteiger charge is -2.36. The maximum absolute atomic E-state index is 8.95. The summed E-state index contributed by atoms with van der Waals surface area (Å²) in [5.41, 5.74) is 1.45. The average Bonchev–Trinajstić information content (AvgIpc) is 2.51. The van der Waals surface area contributed by atoms with Crippen molar-refractivity contribution in [1.82, 2.24) is 0 Å². The highest BCUT2D eigenvalue weighted by Gasteiger charge is 2.62. The van der Waals surface area contributed by atoms with Crippen molar-refractivity contribution in [2.24, 2.45) is 21.9 Å². The van der Waals surface area contributed by atoms with Crippen LogP contribution in [-0.4, -0.2) is 16.2 Å². The van der Waals surface area contributed by atoms with Gasteiger partial charge in [-0.05, 0) is 30.6 Å². The van der Waals surface area contributed by atoms with Crippen molar-refractivity contribution < 1.29 is 5.21 Å². The Labute approximate surface area is 87.5 Å². The minimum Gasteiger partial charge on any atom is -0.411 e. The van der Waals surface area contributed by atoms with E-state index in [9.17, 15) is 0 Å². The molecule has 0 spiro atoms. The fourth-order valence-corrected chi connectivity index (χ4v) is 4.26. The second kappa shape index (κ2) is 2.72. The highest BCUT2D eigenvalue weighted by Crippen LogP contribution is 2.64. The molecule has 3 atom stereocenters. The van der Waals surface area contributed by atoms with Crippen LogP contribution in [0.15, 0.2) is 5.16 Å².